The van der Waals surface area contributed by atoms with Gasteiger partial charge in [0.1, 0.15) is 0 Å². The maximum Gasteiger partial charge on any atom is 0.312 e. The average molecular weight is 406 g/mol. The van der Waals surface area contributed by atoms with E-state index in [9.17, 15) is 14.4 Å². The minimum Gasteiger partial charge on any atom is -0.447 e. The van der Waals surface area contributed by atoms with E-state index in [2.05, 4.69) is 5.32 Å². The van der Waals surface area contributed by atoms with Crippen LogP contribution in [0.3, 0.4) is 0 Å². The zero-order valence-electron chi connectivity index (χ0n) is 17.0. The van der Waals surface area contributed by atoms with Gasteiger partial charge in [-0.25, -0.2) is 0 Å². The molecule has 156 valence electrons. The summed E-state index contributed by atoms with van der Waals surface area (Å²) in [7, 11) is 0. The van der Waals surface area contributed by atoms with E-state index in [0.29, 0.717) is 5.56 Å². The van der Waals surface area contributed by atoms with Crippen LogP contribution in [-0.4, -0.2) is 30.4 Å². The Labute approximate surface area is 176 Å². The van der Waals surface area contributed by atoms with E-state index < -0.39 is 18.0 Å². The molecule has 2 amide bonds. The standard InChI is InChI=1S/C24H26N2O4/c1-2-16-8-6-7-11-20(16)26-15-18(14-21(26)27)24(29)30-22(17-9-4-3-5-10-17)23(28)25-19-12-13-19/h3-11,18-19,22H,2,12-15H2,1H3,(H,25,28). The van der Waals surface area contributed by atoms with Crippen LogP contribution in [0, 0.1) is 5.92 Å². The molecule has 2 aromatic rings. The lowest BCUT2D eigenvalue weighted by Crippen LogP contribution is -2.35. The van der Waals surface area contributed by atoms with E-state index in [-0.39, 0.29) is 30.8 Å². The SMILES string of the molecule is CCc1ccccc1N1CC(C(=O)OC(C(=O)NC2CC2)c2ccccc2)CC1=O. The van der Waals surface area contributed by atoms with E-state index >= 15 is 0 Å². The van der Waals surface area contributed by atoms with Gasteiger partial charge < -0.3 is 15.0 Å². The monoisotopic (exact) mass is 406 g/mol. The summed E-state index contributed by atoms with van der Waals surface area (Å²) in [5.41, 5.74) is 2.53. The molecule has 0 aromatic heterocycles. The van der Waals surface area contributed by atoms with Crippen molar-refractivity contribution in [3.05, 3.63) is 65.7 Å². The number of hydrogen-bond donors (Lipinski definition) is 1. The van der Waals surface area contributed by atoms with Gasteiger partial charge in [0, 0.05) is 30.3 Å². The lowest BCUT2D eigenvalue weighted by Gasteiger charge is -2.21. The number of ether oxygens (including phenoxy) is 1. The summed E-state index contributed by atoms with van der Waals surface area (Å²) in [4.78, 5) is 39.9. The number of nitrogens with one attached hydrogen (secondary N) is 1. The molecule has 2 aromatic carbocycles. The average Bonchev–Trinajstić information content (AvgIpc) is 3.50. The Bertz CT molecular complexity index is 939. The van der Waals surface area contributed by atoms with Gasteiger partial charge in [0.25, 0.3) is 5.91 Å². The lowest BCUT2D eigenvalue weighted by atomic mass is 10.1. The van der Waals surface area contributed by atoms with Crippen LogP contribution in [0.2, 0.25) is 0 Å². The highest BCUT2D eigenvalue weighted by Crippen LogP contribution is 2.31. The zero-order chi connectivity index (χ0) is 21.1. The van der Waals surface area contributed by atoms with Gasteiger partial charge in [0.2, 0.25) is 12.0 Å². The number of rotatable bonds is 7. The van der Waals surface area contributed by atoms with Crippen LogP contribution in [0.25, 0.3) is 0 Å². The van der Waals surface area contributed by atoms with Gasteiger partial charge in [-0.15, -0.1) is 0 Å². The van der Waals surface area contributed by atoms with Crippen LogP contribution >= 0.6 is 0 Å². The molecule has 2 atom stereocenters. The number of esters is 1. The highest BCUT2D eigenvalue weighted by Gasteiger charge is 2.39. The summed E-state index contributed by atoms with van der Waals surface area (Å²) >= 11 is 0. The molecular formula is C24H26N2O4. The molecule has 2 unspecified atom stereocenters. The summed E-state index contributed by atoms with van der Waals surface area (Å²) in [6.07, 6.45) is 1.77. The topological polar surface area (TPSA) is 75.7 Å². The molecule has 30 heavy (non-hydrogen) atoms. The number of carbonyl (C=O) groups is 3. The minimum absolute atomic E-state index is 0.0859. The maximum absolute atomic E-state index is 12.9. The predicted octanol–water partition coefficient (Wildman–Crippen LogP) is 3.17. The second-order valence-electron chi connectivity index (χ2n) is 7.90. The van der Waals surface area contributed by atoms with E-state index in [1.807, 2.05) is 49.4 Å². The molecule has 0 spiro atoms. The molecule has 1 aliphatic carbocycles. The van der Waals surface area contributed by atoms with Crippen molar-refractivity contribution < 1.29 is 19.1 Å². The van der Waals surface area contributed by atoms with Crippen molar-refractivity contribution in [1.82, 2.24) is 5.32 Å². The highest BCUT2D eigenvalue weighted by atomic mass is 16.5. The van der Waals surface area contributed by atoms with Gasteiger partial charge in [-0.2, -0.15) is 0 Å². The Balaban J connectivity index is 1.49. The van der Waals surface area contributed by atoms with Crippen molar-refractivity contribution >= 4 is 23.5 Å². The Kier molecular flexibility index (Phi) is 5.84. The van der Waals surface area contributed by atoms with E-state index in [4.69, 9.17) is 4.74 Å². The Hall–Kier alpha value is -3.15. The normalized spacial score (nSPS) is 19.4. The van der Waals surface area contributed by atoms with Crippen LogP contribution in [0.1, 0.15) is 43.4 Å². The first-order chi connectivity index (χ1) is 14.6. The molecule has 6 heteroatoms. The number of para-hydroxylation sites is 1. The maximum atomic E-state index is 12.9. The fourth-order valence-electron chi connectivity index (χ4n) is 3.79. The largest absolute Gasteiger partial charge is 0.447 e. The fourth-order valence-corrected chi connectivity index (χ4v) is 3.79. The number of amides is 2. The molecule has 4 rings (SSSR count). The van der Waals surface area contributed by atoms with Crippen molar-refractivity contribution in [2.75, 3.05) is 11.4 Å². The summed E-state index contributed by atoms with van der Waals surface area (Å²) < 4.78 is 5.67. The van der Waals surface area contributed by atoms with Gasteiger partial charge in [-0.05, 0) is 30.9 Å². The third kappa shape index (κ3) is 4.37. The van der Waals surface area contributed by atoms with Crippen molar-refractivity contribution in [3.8, 4) is 0 Å². The van der Waals surface area contributed by atoms with Crippen molar-refractivity contribution in [3.63, 3.8) is 0 Å². The first kappa shape index (κ1) is 20.1. The number of benzene rings is 2. The second-order valence-corrected chi connectivity index (χ2v) is 7.90. The minimum atomic E-state index is -1.01. The van der Waals surface area contributed by atoms with Gasteiger partial charge >= 0.3 is 5.97 Å². The molecule has 2 aliphatic rings. The molecule has 1 N–H and O–H groups in total. The first-order valence-electron chi connectivity index (χ1n) is 10.5. The Morgan fingerprint density at radius 1 is 1.10 bits per heavy atom. The molecular weight excluding hydrogens is 380 g/mol. The lowest BCUT2D eigenvalue weighted by molar-refractivity contribution is -0.160. The molecule has 1 saturated carbocycles. The van der Waals surface area contributed by atoms with E-state index in [1.165, 1.54) is 0 Å². The Morgan fingerprint density at radius 2 is 1.80 bits per heavy atom. The van der Waals surface area contributed by atoms with Crippen LogP contribution in [0.15, 0.2) is 54.6 Å². The van der Waals surface area contributed by atoms with Gasteiger partial charge in [0.05, 0.1) is 5.92 Å². The zero-order valence-corrected chi connectivity index (χ0v) is 17.0. The smallest absolute Gasteiger partial charge is 0.312 e. The fraction of sp³-hybridized carbons (Fsp3) is 0.375. The molecule has 6 nitrogen and oxygen atoms in total. The third-order valence-electron chi connectivity index (χ3n) is 5.62. The molecule has 0 radical (unpaired) electrons. The van der Waals surface area contributed by atoms with Gasteiger partial charge in [0.15, 0.2) is 0 Å². The van der Waals surface area contributed by atoms with Gasteiger partial charge in [-0.3, -0.25) is 14.4 Å². The molecule has 0 bridgehead atoms. The quantitative estimate of drug-likeness (QED) is 0.717. The number of nitrogens with zero attached hydrogens (tertiary/aromatic N) is 1. The van der Waals surface area contributed by atoms with E-state index in [1.54, 1.807) is 17.0 Å². The Morgan fingerprint density at radius 3 is 2.50 bits per heavy atom. The predicted molar refractivity (Wildman–Crippen MR) is 113 cm³/mol. The van der Waals surface area contributed by atoms with Crippen molar-refractivity contribution in [2.24, 2.45) is 5.92 Å². The highest BCUT2D eigenvalue weighted by molar-refractivity contribution is 6.00. The van der Waals surface area contributed by atoms with Crippen LogP contribution < -0.4 is 10.2 Å². The summed E-state index contributed by atoms with van der Waals surface area (Å²) in [6, 6.07) is 16.9. The molecule has 2 fully saturated rings. The van der Waals surface area contributed by atoms with E-state index in [0.717, 1.165) is 30.5 Å². The molecule has 1 aliphatic heterocycles. The van der Waals surface area contributed by atoms with Crippen LogP contribution in [-0.2, 0) is 25.5 Å². The second kappa shape index (κ2) is 8.69. The summed E-state index contributed by atoms with van der Waals surface area (Å²) in [6.45, 7) is 2.30. The number of hydrogen-bond acceptors (Lipinski definition) is 4. The summed E-state index contributed by atoms with van der Waals surface area (Å²) in [5.74, 6) is -1.52. The molecule has 1 saturated heterocycles. The van der Waals surface area contributed by atoms with Crippen LogP contribution in [0.4, 0.5) is 5.69 Å². The summed E-state index contributed by atoms with van der Waals surface area (Å²) in [5, 5.41) is 2.91. The number of carbonyl (C=O) groups excluding carboxylic acids is 3. The molecule has 1 heterocycles. The number of anilines is 1. The van der Waals surface area contributed by atoms with Crippen LogP contribution in [0.5, 0.6) is 0 Å². The number of aryl methyl sites for hydroxylation is 1. The van der Waals surface area contributed by atoms with Gasteiger partial charge in [-0.1, -0.05) is 55.5 Å². The van der Waals surface area contributed by atoms with Crippen molar-refractivity contribution in [1.29, 1.82) is 0 Å². The first-order valence-corrected chi connectivity index (χ1v) is 10.5. The van der Waals surface area contributed by atoms with Crippen molar-refractivity contribution in [2.45, 2.75) is 44.8 Å². The third-order valence-corrected chi connectivity index (χ3v) is 5.62.